The molecule has 1 aromatic rings. The molecule has 4 aliphatic heterocycles. The highest BCUT2D eigenvalue weighted by molar-refractivity contribution is 6.22. The zero-order valence-corrected chi connectivity index (χ0v) is 16.2. The number of cyclic esters (lactones) is 1. The Hall–Kier alpha value is -3.27. The predicted molar refractivity (Wildman–Crippen MR) is 94.9 cm³/mol. The van der Waals surface area contributed by atoms with E-state index in [0.29, 0.717) is 5.56 Å². The van der Waals surface area contributed by atoms with Gasteiger partial charge >= 0.3 is 11.9 Å². The third-order valence-electron chi connectivity index (χ3n) is 6.34. The number of carbonyl (C=O) groups excluding carboxylic acids is 5. The zero-order valence-electron chi connectivity index (χ0n) is 16.2. The number of piperidine rings is 1. The first-order valence-corrected chi connectivity index (χ1v) is 9.57. The molecular formula is C20H18N2O8. The quantitative estimate of drug-likeness (QED) is 0.365. The molecule has 0 radical (unpaired) electrons. The second-order valence-corrected chi connectivity index (χ2v) is 7.65. The SMILES string of the molecule is CCOC(=O)[C@@]12O[C@]3(C(=O)OC[C@@H](c4ccccc4)N3C1=O)[C@H]1C(=O)N(C)C(=O)[C@H]12. The summed E-state index contributed by atoms with van der Waals surface area (Å²) in [7, 11) is 1.25. The first kappa shape index (κ1) is 18.7. The Morgan fingerprint density at radius 1 is 1.13 bits per heavy atom. The lowest BCUT2D eigenvalue weighted by Gasteiger charge is -2.46. The minimum atomic E-state index is -2.41. The van der Waals surface area contributed by atoms with E-state index in [9.17, 15) is 24.0 Å². The van der Waals surface area contributed by atoms with Gasteiger partial charge in [0, 0.05) is 7.05 Å². The molecule has 5 rings (SSSR count). The number of carbonyl (C=O) groups is 5. The van der Waals surface area contributed by atoms with Crippen molar-refractivity contribution in [3.8, 4) is 0 Å². The van der Waals surface area contributed by atoms with Crippen LogP contribution in [0.3, 0.4) is 0 Å². The summed E-state index contributed by atoms with van der Waals surface area (Å²) < 4.78 is 16.3. The number of hydrogen-bond acceptors (Lipinski definition) is 8. The van der Waals surface area contributed by atoms with E-state index in [2.05, 4.69) is 0 Å². The van der Waals surface area contributed by atoms with Gasteiger partial charge in [-0.2, -0.15) is 0 Å². The van der Waals surface area contributed by atoms with Crippen molar-refractivity contribution < 1.29 is 38.2 Å². The van der Waals surface area contributed by atoms with Gasteiger partial charge in [-0.3, -0.25) is 24.2 Å². The molecule has 0 aromatic heterocycles. The van der Waals surface area contributed by atoms with Crippen molar-refractivity contribution in [1.29, 1.82) is 0 Å². The molecule has 156 valence electrons. The van der Waals surface area contributed by atoms with Crippen LogP contribution in [-0.2, 0) is 38.2 Å². The van der Waals surface area contributed by atoms with Gasteiger partial charge in [0.25, 0.3) is 17.2 Å². The first-order valence-electron chi connectivity index (χ1n) is 9.57. The summed E-state index contributed by atoms with van der Waals surface area (Å²) in [6.07, 6.45) is 0. The fourth-order valence-electron chi connectivity index (χ4n) is 5.08. The van der Waals surface area contributed by atoms with Crippen LogP contribution in [0, 0.1) is 11.8 Å². The van der Waals surface area contributed by atoms with Crippen LogP contribution in [0.4, 0.5) is 0 Å². The molecule has 1 aromatic carbocycles. The number of morpholine rings is 1. The molecule has 4 fully saturated rings. The molecule has 0 saturated carbocycles. The molecule has 2 bridgehead atoms. The normalized spacial score (nSPS) is 36.7. The van der Waals surface area contributed by atoms with Crippen molar-refractivity contribution >= 4 is 29.7 Å². The lowest BCUT2D eigenvalue weighted by Crippen LogP contribution is -2.68. The van der Waals surface area contributed by atoms with Gasteiger partial charge in [0.15, 0.2) is 0 Å². The topological polar surface area (TPSA) is 120 Å². The molecule has 10 heteroatoms. The number of nitrogens with zero attached hydrogens (tertiary/aromatic N) is 2. The molecule has 1 spiro atoms. The molecular weight excluding hydrogens is 396 g/mol. The smallest absolute Gasteiger partial charge is 0.361 e. The first-order chi connectivity index (χ1) is 14.3. The minimum Gasteiger partial charge on any atom is -0.463 e. The van der Waals surface area contributed by atoms with Crippen molar-refractivity contribution in [2.24, 2.45) is 11.8 Å². The van der Waals surface area contributed by atoms with Crippen molar-refractivity contribution in [3.63, 3.8) is 0 Å². The van der Waals surface area contributed by atoms with Crippen molar-refractivity contribution in [1.82, 2.24) is 9.80 Å². The average molecular weight is 414 g/mol. The third kappa shape index (κ3) is 1.85. The van der Waals surface area contributed by atoms with E-state index in [1.807, 2.05) is 0 Å². The highest BCUT2D eigenvalue weighted by Gasteiger charge is 2.89. The molecule has 4 saturated heterocycles. The number of fused-ring (bicyclic) bond motifs is 3. The standard InChI is InChI=1S/C20H18N2O8/c1-3-28-17(26)19-12-13(15(24)21(2)14(12)23)20(30-19)18(27)29-9-11(22(20)16(19)25)10-7-5-4-6-8-10/h4-8,11-13H,3,9H2,1-2H3/t11-,12-,13+,19-,20-/m0/s1. The second kappa shape index (κ2) is 5.88. The fraction of sp³-hybridized carbons (Fsp3) is 0.450. The lowest BCUT2D eigenvalue weighted by molar-refractivity contribution is -0.216. The molecule has 0 unspecified atom stereocenters. The van der Waals surface area contributed by atoms with E-state index in [4.69, 9.17) is 14.2 Å². The van der Waals surface area contributed by atoms with Crippen molar-refractivity contribution in [2.75, 3.05) is 20.3 Å². The maximum atomic E-state index is 13.7. The van der Waals surface area contributed by atoms with Crippen LogP contribution in [0.25, 0.3) is 0 Å². The van der Waals surface area contributed by atoms with E-state index in [1.165, 1.54) is 14.0 Å². The minimum absolute atomic E-state index is 0.0772. The number of ether oxygens (including phenoxy) is 3. The molecule has 10 nitrogen and oxygen atoms in total. The monoisotopic (exact) mass is 414 g/mol. The van der Waals surface area contributed by atoms with E-state index in [-0.39, 0.29) is 13.2 Å². The number of rotatable bonds is 3. The molecule has 3 amide bonds. The molecule has 0 N–H and O–H groups in total. The molecule has 30 heavy (non-hydrogen) atoms. The second-order valence-electron chi connectivity index (χ2n) is 7.65. The van der Waals surface area contributed by atoms with Crippen LogP contribution in [0.1, 0.15) is 18.5 Å². The van der Waals surface area contributed by atoms with Gasteiger partial charge in [-0.15, -0.1) is 0 Å². The summed E-state index contributed by atoms with van der Waals surface area (Å²) in [4.78, 5) is 67.5. The van der Waals surface area contributed by atoms with Gasteiger partial charge in [0.05, 0.1) is 12.6 Å². The van der Waals surface area contributed by atoms with Crippen LogP contribution in [0.2, 0.25) is 0 Å². The number of esters is 2. The Balaban J connectivity index is 1.74. The number of amides is 3. The Bertz CT molecular complexity index is 1010. The molecule has 5 atom stereocenters. The summed E-state index contributed by atoms with van der Waals surface area (Å²) in [5.41, 5.74) is -3.98. The fourth-order valence-corrected chi connectivity index (χ4v) is 5.08. The Morgan fingerprint density at radius 2 is 1.80 bits per heavy atom. The lowest BCUT2D eigenvalue weighted by atomic mass is 9.72. The van der Waals surface area contributed by atoms with Crippen LogP contribution >= 0.6 is 0 Å². The number of imide groups is 1. The highest BCUT2D eigenvalue weighted by atomic mass is 16.7. The predicted octanol–water partition coefficient (Wildman–Crippen LogP) is -0.614. The van der Waals surface area contributed by atoms with E-state index >= 15 is 0 Å². The summed E-state index contributed by atoms with van der Waals surface area (Å²) in [5.74, 6) is -7.29. The summed E-state index contributed by atoms with van der Waals surface area (Å²) in [6, 6.07) is 7.97. The van der Waals surface area contributed by atoms with Crippen LogP contribution < -0.4 is 0 Å². The van der Waals surface area contributed by atoms with Gasteiger partial charge in [0.2, 0.25) is 11.8 Å². The van der Waals surface area contributed by atoms with Crippen LogP contribution in [0.15, 0.2) is 30.3 Å². The number of likely N-dealkylation sites (tertiary alicyclic amines) is 1. The van der Waals surface area contributed by atoms with Gasteiger partial charge in [0.1, 0.15) is 18.4 Å². The highest BCUT2D eigenvalue weighted by Crippen LogP contribution is 2.62. The van der Waals surface area contributed by atoms with Gasteiger partial charge in [-0.1, -0.05) is 30.3 Å². The Labute approximate surface area is 170 Å². The summed E-state index contributed by atoms with van der Waals surface area (Å²) >= 11 is 0. The number of hydrogen-bond donors (Lipinski definition) is 0. The maximum Gasteiger partial charge on any atom is 0.361 e. The summed E-state index contributed by atoms with van der Waals surface area (Å²) in [5, 5.41) is 0. The molecule has 4 aliphatic rings. The Morgan fingerprint density at radius 3 is 2.47 bits per heavy atom. The zero-order chi connectivity index (χ0) is 21.4. The van der Waals surface area contributed by atoms with E-state index in [0.717, 1.165) is 9.80 Å². The summed E-state index contributed by atoms with van der Waals surface area (Å²) in [6.45, 7) is 1.29. The van der Waals surface area contributed by atoms with E-state index in [1.54, 1.807) is 30.3 Å². The third-order valence-corrected chi connectivity index (χ3v) is 6.34. The van der Waals surface area contributed by atoms with Crippen molar-refractivity contribution in [3.05, 3.63) is 35.9 Å². The van der Waals surface area contributed by atoms with Crippen LogP contribution in [-0.4, -0.2) is 71.0 Å². The van der Waals surface area contributed by atoms with Crippen molar-refractivity contribution in [2.45, 2.75) is 24.3 Å². The average Bonchev–Trinajstić information content (AvgIpc) is 3.30. The van der Waals surface area contributed by atoms with Gasteiger partial charge < -0.3 is 14.2 Å². The number of benzene rings is 1. The van der Waals surface area contributed by atoms with E-state index < -0.39 is 58.9 Å². The Kier molecular flexibility index (Phi) is 3.67. The largest absolute Gasteiger partial charge is 0.463 e. The molecule has 0 aliphatic carbocycles. The van der Waals surface area contributed by atoms with Gasteiger partial charge in [-0.25, -0.2) is 9.59 Å². The van der Waals surface area contributed by atoms with Crippen LogP contribution in [0.5, 0.6) is 0 Å². The van der Waals surface area contributed by atoms with Gasteiger partial charge in [-0.05, 0) is 12.5 Å². The maximum absolute atomic E-state index is 13.7. The molecule has 4 heterocycles.